The molecule has 0 aromatic heterocycles. The number of anilines is 2. The van der Waals surface area contributed by atoms with Crippen molar-refractivity contribution in [2.45, 2.75) is 52.8 Å². The predicted octanol–water partition coefficient (Wildman–Crippen LogP) is 4.22. The van der Waals surface area contributed by atoms with E-state index in [-0.39, 0.29) is 26.4 Å². The summed E-state index contributed by atoms with van der Waals surface area (Å²) in [6.07, 6.45) is 4.73. The van der Waals surface area contributed by atoms with Crippen LogP contribution >= 0.6 is 0 Å². The van der Waals surface area contributed by atoms with E-state index in [1.807, 2.05) is 0 Å². The lowest BCUT2D eigenvalue weighted by Crippen LogP contribution is -2.38. The summed E-state index contributed by atoms with van der Waals surface area (Å²) in [7, 11) is -9.93. The van der Waals surface area contributed by atoms with Gasteiger partial charge in [-0.2, -0.15) is 4.31 Å². The summed E-state index contributed by atoms with van der Waals surface area (Å²) in [5, 5.41) is 0. The van der Waals surface area contributed by atoms with Gasteiger partial charge in [-0.3, -0.25) is 9.44 Å². The van der Waals surface area contributed by atoms with Gasteiger partial charge < -0.3 is 0 Å². The van der Waals surface area contributed by atoms with Crippen LogP contribution in [0.25, 0.3) is 11.1 Å². The molecule has 9 nitrogen and oxygen atoms in total. The number of sulfonamides is 3. The second-order valence-corrected chi connectivity index (χ2v) is 14.6. The molecule has 0 bridgehead atoms. The van der Waals surface area contributed by atoms with E-state index in [1.165, 1.54) is 46.8 Å². The molecule has 1 aliphatic heterocycles. The number of nitrogens with zero attached hydrogens (tertiary/aromatic N) is 1. The quantitative estimate of drug-likeness (QED) is 0.464. The number of nitrogens with one attached hydrogen (secondary N) is 2. The molecule has 1 fully saturated rings. The molecule has 12 heteroatoms. The van der Waals surface area contributed by atoms with Crippen LogP contribution in [0, 0.1) is 0 Å². The van der Waals surface area contributed by atoms with Gasteiger partial charge in [-0.15, -0.1) is 0 Å². The third kappa shape index (κ3) is 4.86. The molecule has 0 unspecified atom stereocenters. The molecule has 3 aromatic rings. The van der Waals surface area contributed by atoms with E-state index < -0.39 is 30.1 Å². The third-order valence-electron chi connectivity index (χ3n) is 6.88. The van der Waals surface area contributed by atoms with Gasteiger partial charge in [0.25, 0.3) is 20.0 Å². The van der Waals surface area contributed by atoms with Crippen LogP contribution in [0.15, 0.2) is 81.4 Å². The first-order valence-electron chi connectivity index (χ1n) is 11.9. The Morgan fingerprint density at radius 2 is 1.49 bits per heavy atom. The number of hydrogen-bond acceptors (Lipinski definition) is 6. The summed E-state index contributed by atoms with van der Waals surface area (Å²) in [5.74, 6) is 0. The molecule has 37 heavy (non-hydrogen) atoms. The Balaban J connectivity index is 1.39. The van der Waals surface area contributed by atoms with Crippen LogP contribution < -0.4 is 9.44 Å². The highest BCUT2D eigenvalue weighted by molar-refractivity contribution is 7.93. The smallest absolute Gasteiger partial charge is 0.262 e. The van der Waals surface area contributed by atoms with Gasteiger partial charge in [-0.1, -0.05) is 37.5 Å². The minimum Gasteiger partial charge on any atom is -0.280 e. The van der Waals surface area contributed by atoms with E-state index in [4.69, 9.17) is 0 Å². The zero-order valence-corrected chi connectivity index (χ0v) is 22.5. The van der Waals surface area contributed by atoms with Crippen LogP contribution in [0.2, 0.25) is 0 Å². The van der Waals surface area contributed by atoms with Crippen molar-refractivity contribution in [1.29, 1.82) is 0 Å². The number of hydrogen-bond donors (Lipinski definition) is 2. The molecule has 0 spiro atoms. The maximum Gasteiger partial charge on any atom is 0.262 e. The van der Waals surface area contributed by atoms with Crippen LogP contribution in [0.5, 0.6) is 0 Å². The topological polar surface area (TPSA) is 130 Å². The highest BCUT2D eigenvalue weighted by Gasteiger charge is 2.30. The second kappa shape index (κ2) is 9.43. The molecule has 1 saturated carbocycles. The molecule has 0 atom stereocenters. The summed E-state index contributed by atoms with van der Waals surface area (Å²) < 4.78 is 83.7. The zero-order valence-electron chi connectivity index (χ0n) is 20.1. The number of fused-ring (bicyclic) bond motifs is 3. The first-order chi connectivity index (χ1) is 17.5. The minimum atomic E-state index is -4.04. The molecule has 1 heterocycles. The summed E-state index contributed by atoms with van der Waals surface area (Å²) in [5.41, 5.74) is 1.59. The van der Waals surface area contributed by atoms with E-state index >= 15 is 0 Å². The Labute approximate surface area is 217 Å². The lowest BCUT2D eigenvalue weighted by molar-refractivity contribution is 0.286. The maximum absolute atomic E-state index is 13.1. The van der Waals surface area contributed by atoms with E-state index in [2.05, 4.69) is 9.44 Å². The highest BCUT2D eigenvalue weighted by Crippen LogP contribution is 2.40. The van der Waals surface area contributed by atoms with Gasteiger partial charge in [0, 0.05) is 29.9 Å². The Bertz CT molecular complexity index is 1660. The molecule has 1 aliphatic carbocycles. The molecular weight excluding hydrogens is 534 g/mol. The van der Waals surface area contributed by atoms with Crippen molar-refractivity contribution in [2.24, 2.45) is 0 Å². The first-order valence-corrected chi connectivity index (χ1v) is 16.3. The van der Waals surface area contributed by atoms with Crippen molar-refractivity contribution in [3.8, 4) is 11.1 Å². The molecule has 0 amide bonds. The fraction of sp³-hybridized carbons (Fsp3) is 0.280. The van der Waals surface area contributed by atoms with Crippen LogP contribution in [-0.2, 0) is 30.1 Å². The summed E-state index contributed by atoms with van der Waals surface area (Å²) in [6, 6.07) is 16.1. The minimum absolute atomic E-state index is 0.0391. The van der Waals surface area contributed by atoms with Crippen molar-refractivity contribution < 1.29 is 25.3 Å². The molecule has 0 radical (unpaired) electrons. The maximum atomic E-state index is 13.1. The van der Waals surface area contributed by atoms with Crippen LogP contribution in [0.4, 0.5) is 11.4 Å². The Morgan fingerprint density at radius 1 is 0.838 bits per heavy atom. The van der Waals surface area contributed by atoms with Crippen molar-refractivity contribution in [2.75, 3.05) is 16.5 Å². The van der Waals surface area contributed by atoms with Gasteiger partial charge in [-0.05, 0) is 61.4 Å². The van der Waals surface area contributed by atoms with Crippen molar-refractivity contribution >= 4 is 41.4 Å². The normalized spacial score (nSPS) is 17.5. The molecule has 2 aliphatic rings. The molecule has 0 saturated heterocycles. The lowest BCUT2D eigenvalue weighted by atomic mass is 9.96. The summed E-state index contributed by atoms with van der Waals surface area (Å²) in [6.45, 7) is 0. The van der Waals surface area contributed by atoms with Gasteiger partial charge in [0.2, 0.25) is 10.0 Å². The van der Waals surface area contributed by atoms with Gasteiger partial charge in [0.1, 0.15) is 0 Å². The van der Waals surface area contributed by atoms with Gasteiger partial charge >= 0.3 is 0 Å². The van der Waals surface area contributed by atoms with E-state index in [9.17, 15) is 25.3 Å². The van der Waals surface area contributed by atoms with Crippen LogP contribution in [-0.4, -0.2) is 42.6 Å². The fourth-order valence-corrected chi connectivity index (χ4v) is 8.62. The van der Waals surface area contributed by atoms with Gasteiger partial charge in [0.15, 0.2) is 0 Å². The molecule has 2 N–H and O–H groups in total. The average Bonchev–Trinajstić information content (AvgIpc) is 2.89. The van der Waals surface area contributed by atoms with E-state index in [0.29, 0.717) is 16.8 Å². The summed E-state index contributed by atoms with van der Waals surface area (Å²) >= 11 is 0. The van der Waals surface area contributed by atoms with Crippen LogP contribution in [0.1, 0.15) is 32.1 Å². The Hall–Kier alpha value is -2.93. The van der Waals surface area contributed by atoms with Crippen molar-refractivity contribution in [3.63, 3.8) is 0 Å². The lowest BCUT2D eigenvalue weighted by Gasteiger charge is -2.30. The van der Waals surface area contributed by atoms with Crippen molar-refractivity contribution in [1.82, 2.24) is 4.31 Å². The van der Waals surface area contributed by atoms with Gasteiger partial charge in [-0.25, -0.2) is 25.3 Å². The predicted molar refractivity (Wildman–Crippen MR) is 142 cm³/mol. The van der Waals surface area contributed by atoms with Crippen LogP contribution in [0.3, 0.4) is 0 Å². The number of benzene rings is 3. The monoisotopic (exact) mass is 561 g/mol. The second-order valence-electron chi connectivity index (χ2n) is 9.25. The highest BCUT2D eigenvalue weighted by atomic mass is 32.2. The van der Waals surface area contributed by atoms with E-state index in [0.717, 1.165) is 32.1 Å². The Morgan fingerprint density at radius 3 is 2.19 bits per heavy atom. The van der Waals surface area contributed by atoms with Gasteiger partial charge in [0.05, 0.1) is 20.4 Å². The fourth-order valence-electron chi connectivity index (χ4n) is 4.85. The average molecular weight is 562 g/mol. The number of rotatable bonds is 6. The zero-order chi connectivity index (χ0) is 26.4. The van der Waals surface area contributed by atoms with Crippen molar-refractivity contribution in [3.05, 3.63) is 66.7 Å². The summed E-state index contributed by atoms with van der Waals surface area (Å²) in [4.78, 5) is 0.0558. The molecule has 5 rings (SSSR count). The Kier molecular flexibility index (Phi) is 6.55. The first kappa shape index (κ1) is 25.7. The molecule has 3 aromatic carbocycles. The van der Waals surface area contributed by atoms with E-state index in [1.54, 1.807) is 31.3 Å². The third-order valence-corrected chi connectivity index (χ3v) is 11.6. The molecule has 196 valence electrons. The largest absolute Gasteiger partial charge is 0.280 e. The molecular formula is C25H27N3O6S3. The SMILES string of the molecule is CN(C1CCCCC1)S(=O)(=O)c1ccc(S(=O)(=O)Nc2ccc3c(c2)-c2ccccc2S(=O)(=O)N3)cc1. The standard InChI is InChI=1S/C25H27N3O6S3/c1-28(19-7-3-2-4-8-19)37(33,34)21-14-12-20(13-15-21)35(29,30)26-18-11-16-24-23(17-18)22-9-5-6-10-25(22)36(31,32)27-24/h5-6,9-17,19,26-27H,2-4,7-8H2,1H3.